The lowest BCUT2D eigenvalue weighted by Gasteiger charge is -2.17. The van der Waals surface area contributed by atoms with Crippen LogP contribution in [0.5, 0.6) is 0 Å². The molecule has 35 heavy (non-hydrogen) atoms. The molecular weight excluding hydrogens is 440 g/mol. The zero-order valence-electron chi connectivity index (χ0n) is 20.3. The van der Waals surface area contributed by atoms with E-state index in [4.69, 9.17) is 14.5 Å². The molecule has 9 heteroatoms. The first kappa shape index (κ1) is 23.0. The standard InChI is InChI=1S/C26H32N8O/c1-3-27-13-7-10-20-14-24(34(2)25-16-22(31-32-25)19-11-12-19)30-26(29-20)28-17-21-15-23(33-35-21)18-8-5-4-6-9-18/h4-6,8-9,14-16,19,27H,3,7,10-13,17H2,1-2H3,(H,31,32)(H,28,29,30). The van der Waals surface area contributed by atoms with Gasteiger partial charge in [-0.15, -0.1) is 0 Å². The third-order valence-electron chi connectivity index (χ3n) is 6.14. The molecule has 9 nitrogen and oxygen atoms in total. The normalized spacial score (nSPS) is 13.2. The van der Waals surface area contributed by atoms with E-state index in [1.807, 2.05) is 54.4 Å². The number of nitrogens with one attached hydrogen (secondary N) is 3. The van der Waals surface area contributed by atoms with Crippen molar-refractivity contribution in [1.82, 2.24) is 30.6 Å². The van der Waals surface area contributed by atoms with Gasteiger partial charge in [-0.2, -0.15) is 10.1 Å². The molecule has 0 atom stereocenters. The van der Waals surface area contributed by atoms with E-state index >= 15 is 0 Å². The fourth-order valence-corrected chi connectivity index (χ4v) is 3.96. The number of aromatic nitrogens is 5. The Balaban J connectivity index is 1.32. The Morgan fingerprint density at radius 3 is 2.74 bits per heavy atom. The van der Waals surface area contributed by atoms with Crippen LogP contribution < -0.4 is 15.5 Å². The summed E-state index contributed by atoms with van der Waals surface area (Å²) in [6.45, 7) is 4.48. The molecule has 0 radical (unpaired) electrons. The van der Waals surface area contributed by atoms with Gasteiger partial charge in [0.2, 0.25) is 5.95 Å². The van der Waals surface area contributed by atoms with Crippen molar-refractivity contribution in [2.45, 2.75) is 45.1 Å². The van der Waals surface area contributed by atoms with E-state index in [0.29, 0.717) is 18.4 Å². The third-order valence-corrected chi connectivity index (χ3v) is 6.14. The maximum atomic E-state index is 5.54. The highest BCUT2D eigenvalue weighted by Gasteiger charge is 2.26. The Bertz CT molecular complexity index is 1230. The molecule has 1 aliphatic carbocycles. The Labute approximate surface area is 205 Å². The van der Waals surface area contributed by atoms with Crippen LogP contribution in [0.1, 0.15) is 49.3 Å². The molecule has 5 rings (SSSR count). The number of rotatable bonds is 12. The first-order valence-corrected chi connectivity index (χ1v) is 12.3. The van der Waals surface area contributed by atoms with E-state index in [0.717, 1.165) is 60.3 Å². The van der Waals surface area contributed by atoms with Crippen LogP contribution in [0.15, 0.2) is 53.1 Å². The number of aromatic amines is 1. The molecule has 0 bridgehead atoms. The van der Waals surface area contributed by atoms with Gasteiger partial charge in [-0.25, -0.2) is 4.98 Å². The number of anilines is 3. The van der Waals surface area contributed by atoms with Crippen molar-refractivity contribution in [2.24, 2.45) is 0 Å². The second-order valence-corrected chi connectivity index (χ2v) is 8.91. The number of hydrogen-bond donors (Lipinski definition) is 3. The second-order valence-electron chi connectivity index (χ2n) is 8.91. The minimum absolute atomic E-state index is 0.443. The average Bonchev–Trinajstić information content (AvgIpc) is 3.43. The lowest BCUT2D eigenvalue weighted by molar-refractivity contribution is 0.390. The Morgan fingerprint density at radius 2 is 1.94 bits per heavy atom. The van der Waals surface area contributed by atoms with Crippen molar-refractivity contribution < 1.29 is 4.52 Å². The van der Waals surface area contributed by atoms with Gasteiger partial charge in [0.15, 0.2) is 11.6 Å². The highest BCUT2D eigenvalue weighted by Crippen LogP contribution is 2.40. The van der Waals surface area contributed by atoms with E-state index in [9.17, 15) is 0 Å². The lowest BCUT2D eigenvalue weighted by Crippen LogP contribution is -2.16. The van der Waals surface area contributed by atoms with Crippen molar-refractivity contribution in [2.75, 3.05) is 30.4 Å². The van der Waals surface area contributed by atoms with Crippen LogP contribution in [-0.2, 0) is 13.0 Å². The molecule has 0 unspecified atom stereocenters. The van der Waals surface area contributed by atoms with Crippen molar-refractivity contribution in [1.29, 1.82) is 0 Å². The number of aryl methyl sites for hydroxylation is 1. The third kappa shape index (κ3) is 5.86. The van der Waals surface area contributed by atoms with Crippen LogP contribution in [0, 0.1) is 0 Å². The molecule has 1 fully saturated rings. The van der Waals surface area contributed by atoms with Gasteiger partial charge < -0.3 is 20.1 Å². The molecule has 3 aromatic heterocycles. The van der Waals surface area contributed by atoms with Gasteiger partial charge in [0.05, 0.1) is 6.54 Å². The molecular formula is C26H32N8O. The van der Waals surface area contributed by atoms with E-state index in [-0.39, 0.29) is 0 Å². The van der Waals surface area contributed by atoms with Crippen LogP contribution in [0.4, 0.5) is 17.6 Å². The van der Waals surface area contributed by atoms with Gasteiger partial charge in [-0.1, -0.05) is 42.4 Å². The number of H-pyrrole nitrogens is 1. The fraction of sp³-hybridized carbons (Fsp3) is 0.385. The maximum Gasteiger partial charge on any atom is 0.225 e. The van der Waals surface area contributed by atoms with Gasteiger partial charge in [-0.05, 0) is 38.8 Å². The molecule has 3 N–H and O–H groups in total. The summed E-state index contributed by atoms with van der Waals surface area (Å²) in [5.41, 5.74) is 4.02. The molecule has 4 aromatic rings. The minimum Gasteiger partial charge on any atom is -0.359 e. The minimum atomic E-state index is 0.443. The molecule has 1 aromatic carbocycles. The van der Waals surface area contributed by atoms with Crippen molar-refractivity contribution in [3.8, 4) is 11.3 Å². The van der Waals surface area contributed by atoms with Crippen molar-refractivity contribution >= 4 is 17.6 Å². The number of nitrogens with zero attached hydrogens (tertiary/aromatic N) is 5. The summed E-state index contributed by atoms with van der Waals surface area (Å²) in [6.07, 6.45) is 4.33. The van der Waals surface area contributed by atoms with E-state index in [1.165, 1.54) is 18.5 Å². The predicted molar refractivity (Wildman–Crippen MR) is 137 cm³/mol. The van der Waals surface area contributed by atoms with Crippen LogP contribution >= 0.6 is 0 Å². The quantitative estimate of drug-likeness (QED) is 0.256. The topological polar surface area (TPSA) is 108 Å². The predicted octanol–water partition coefficient (Wildman–Crippen LogP) is 4.65. The average molecular weight is 473 g/mol. The monoisotopic (exact) mass is 472 g/mol. The summed E-state index contributed by atoms with van der Waals surface area (Å²) >= 11 is 0. The first-order valence-electron chi connectivity index (χ1n) is 12.3. The van der Waals surface area contributed by atoms with Crippen molar-refractivity contribution in [3.63, 3.8) is 0 Å². The molecule has 1 aliphatic rings. The van der Waals surface area contributed by atoms with Gasteiger partial charge in [-0.3, -0.25) is 5.10 Å². The number of hydrogen-bond acceptors (Lipinski definition) is 8. The number of benzene rings is 1. The molecule has 0 spiro atoms. The molecule has 0 saturated heterocycles. The van der Waals surface area contributed by atoms with E-state index in [1.54, 1.807) is 0 Å². The van der Waals surface area contributed by atoms with Crippen LogP contribution in [-0.4, -0.2) is 45.5 Å². The van der Waals surface area contributed by atoms with Gasteiger partial charge in [0, 0.05) is 48.1 Å². The van der Waals surface area contributed by atoms with Crippen molar-refractivity contribution in [3.05, 3.63) is 65.7 Å². The molecule has 0 aliphatic heterocycles. The second kappa shape index (κ2) is 10.7. The molecule has 1 saturated carbocycles. The summed E-state index contributed by atoms with van der Waals surface area (Å²) in [7, 11) is 1.99. The summed E-state index contributed by atoms with van der Waals surface area (Å²) in [5.74, 6) is 3.57. The molecule has 0 amide bonds. The zero-order valence-corrected chi connectivity index (χ0v) is 20.3. The van der Waals surface area contributed by atoms with Gasteiger partial charge in [0.1, 0.15) is 11.5 Å². The van der Waals surface area contributed by atoms with Gasteiger partial charge >= 0.3 is 0 Å². The van der Waals surface area contributed by atoms with Crippen LogP contribution in [0.25, 0.3) is 11.3 Å². The summed E-state index contributed by atoms with van der Waals surface area (Å²) in [6, 6.07) is 16.1. The summed E-state index contributed by atoms with van der Waals surface area (Å²) in [5, 5.41) is 18.6. The van der Waals surface area contributed by atoms with Crippen LogP contribution in [0.2, 0.25) is 0 Å². The Kier molecular flexibility index (Phi) is 7.04. The SMILES string of the molecule is CCNCCCc1cc(N(C)c2cc(C3CC3)[nH]n2)nc(NCc2cc(-c3ccccc3)no2)n1. The lowest BCUT2D eigenvalue weighted by atomic mass is 10.1. The fourth-order valence-electron chi connectivity index (χ4n) is 3.96. The summed E-state index contributed by atoms with van der Waals surface area (Å²) in [4.78, 5) is 11.5. The first-order chi connectivity index (χ1) is 17.2. The smallest absolute Gasteiger partial charge is 0.225 e. The summed E-state index contributed by atoms with van der Waals surface area (Å²) < 4.78 is 5.54. The Morgan fingerprint density at radius 1 is 1.09 bits per heavy atom. The van der Waals surface area contributed by atoms with Crippen LogP contribution in [0.3, 0.4) is 0 Å². The molecule has 182 valence electrons. The van der Waals surface area contributed by atoms with E-state index < -0.39 is 0 Å². The zero-order chi connectivity index (χ0) is 24.0. The largest absolute Gasteiger partial charge is 0.359 e. The Hall–Kier alpha value is -3.72. The highest BCUT2D eigenvalue weighted by molar-refractivity contribution is 5.59. The van der Waals surface area contributed by atoms with Gasteiger partial charge in [0.25, 0.3) is 0 Å². The highest BCUT2D eigenvalue weighted by atomic mass is 16.5. The van der Waals surface area contributed by atoms with E-state index in [2.05, 4.69) is 39.0 Å². The molecule has 3 heterocycles. The maximum absolute atomic E-state index is 5.54.